The van der Waals surface area contributed by atoms with Crippen molar-refractivity contribution >= 4 is 5.91 Å². The van der Waals surface area contributed by atoms with E-state index in [2.05, 4.69) is 24.3 Å². The van der Waals surface area contributed by atoms with Gasteiger partial charge in [0.05, 0.1) is 12.2 Å². The number of rotatable bonds is 7. The van der Waals surface area contributed by atoms with Crippen LogP contribution < -0.4 is 16.6 Å². The fourth-order valence-corrected chi connectivity index (χ4v) is 3.83. The fourth-order valence-electron chi connectivity index (χ4n) is 3.83. The summed E-state index contributed by atoms with van der Waals surface area (Å²) in [6.45, 7) is 6.10. The molecular formula is C28H27FN4O3. The van der Waals surface area contributed by atoms with Gasteiger partial charge in [0.15, 0.2) is 0 Å². The number of carbonyl (C=O) groups excluding carboxylic acids is 1. The van der Waals surface area contributed by atoms with E-state index in [4.69, 9.17) is 0 Å². The van der Waals surface area contributed by atoms with Gasteiger partial charge in [-0.2, -0.15) is 9.78 Å². The zero-order valence-electron chi connectivity index (χ0n) is 20.4. The van der Waals surface area contributed by atoms with E-state index in [1.807, 2.05) is 43.3 Å². The highest BCUT2D eigenvalue weighted by Crippen LogP contribution is 2.16. The average Bonchev–Trinajstić information content (AvgIpc) is 2.86. The predicted octanol–water partition coefficient (Wildman–Crippen LogP) is 3.94. The van der Waals surface area contributed by atoms with Gasteiger partial charge in [0.1, 0.15) is 5.82 Å². The standard InChI is InChI=1S/C28H27FN4O3/c1-18(2)22-9-13-24(14-10-22)33-28(36)32(17-21-6-4-5-19(3)15-21)27(35)25(31-33)26(34)30-16-20-7-11-23(29)12-8-20/h4-15,18H,16-17H2,1-3H3,(H,30,34). The molecule has 1 heterocycles. The number of aromatic nitrogens is 3. The Morgan fingerprint density at radius 1 is 0.972 bits per heavy atom. The van der Waals surface area contributed by atoms with E-state index in [0.717, 1.165) is 25.9 Å². The molecule has 4 aromatic rings. The molecule has 0 radical (unpaired) electrons. The highest BCUT2D eigenvalue weighted by molar-refractivity contribution is 5.91. The summed E-state index contributed by atoms with van der Waals surface area (Å²) >= 11 is 0. The van der Waals surface area contributed by atoms with Crippen molar-refractivity contribution < 1.29 is 9.18 Å². The van der Waals surface area contributed by atoms with Crippen molar-refractivity contribution in [3.05, 3.63) is 127 Å². The Morgan fingerprint density at radius 2 is 1.67 bits per heavy atom. The molecule has 4 rings (SSSR count). The number of aryl methyl sites for hydroxylation is 1. The molecule has 0 spiro atoms. The normalized spacial score (nSPS) is 11.0. The summed E-state index contributed by atoms with van der Waals surface area (Å²) in [6, 6.07) is 20.4. The lowest BCUT2D eigenvalue weighted by atomic mass is 10.0. The van der Waals surface area contributed by atoms with Crippen LogP contribution in [-0.2, 0) is 13.1 Å². The topological polar surface area (TPSA) is 86.0 Å². The maximum atomic E-state index is 13.4. The van der Waals surface area contributed by atoms with Crippen molar-refractivity contribution in [2.24, 2.45) is 0 Å². The minimum atomic E-state index is -0.784. The molecule has 0 aliphatic carbocycles. The van der Waals surface area contributed by atoms with Crippen molar-refractivity contribution in [2.75, 3.05) is 0 Å². The predicted molar refractivity (Wildman–Crippen MR) is 136 cm³/mol. The summed E-state index contributed by atoms with van der Waals surface area (Å²) < 4.78 is 15.3. The van der Waals surface area contributed by atoms with Gasteiger partial charge in [-0.3, -0.25) is 14.2 Å². The highest BCUT2D eigenvalue weighted by Gasteiger charge is 2.20. The second kappa shape index (κ2) is 10.5. The lowest BCUT2D eigenvalue weighted by molar-refractivity contribution is 0.0941. The maximum absolute atomic E-state index is 13.4. The minimum absolute atomic E-state index is 0.00974. The Kier molecular flexibility index (Phi) is 7.24. The average molecular weight is 487 g/mol. The number of carbonyl (C=O) groups is 1. The molecule has 1 amide bonds. The van der Waals surface area contributed by atoms with Gasteiger partial charge in [0.25, 0.3) is 11.5 Å². The van der Waals surface area contributed by atoms with Crippen LogP contribution >= 0.6 is 0 Å². The molecular weight excluding hydrogens is 459 g/mol. The number of amides is 1. The molecule has 7 nitrogen and oxygen atoms in total. The van der Waals surface area contributed by atoms with Gasteiger partial charge in [-0.15, -0.1) is 0 Å². The molecule has 1 aromatic heterocycles. The van der Waals surface area contributed by atoms with Crippen molar-refractivity contribution in [1.82, 2.24) is 19.7 Å². The Labute approximate surface area is 207 Å². The van der Waals surface area contributed by atoms with Gasteiger partial charge in [-0.1, -0.05) is 67.9 Å². The van der Waals surface area contributed by atoms with E-state index in [0.29, 0.717) is 17.2 Å². The van der Waals surface area contributed by atoms with Gasteiger partial charge in [-0.05, 0) is 53.8 Å². The molecule has 36 heavy (non-hydrogen) atoms. The minimum Gasteiger partial charge on any atom is -0.346 e. The number of hydrogen-bond donors (Lipinski definition) is 1. The van der Waals surface area contributed by atoms with Crippen LogP contribution in [-0.4, -0.2) is 20.3 Å². The van der Waals surface area contributed by atoms with Crippen LogP contribution in [0.15, 0.2) is 82.4 Å². The van der Waals surface area contributed by atoms with Crippen LogP contribution in [0.4, 0.5) is 4.39 Å². The van der Waals surface area contributed by atoms with Crippen LogP contribution in [0.3, 0.4) is 0 Å². The third kappa shape index (κ3) is 5.49. The molecule has 0 atom stereocenters. The van der Waals surface area contributed by atoms with Crippen LogP contribution in [0.25, 0.3) is 5.69 Å². The van der Waals surface area contributed by atoms with E-state index in [1.54, 1.807) is 12.1 Å². The number of nitrogens with zero attached hydrogens (tertiary/aromatic N) is 3. The number of hydrogen-bond acceptors (Lipinski definition) is 4. The highest BCUT2D eigenvalue weighted by atomic mass is 19.1. The number of benzene rings is 3. The molecule has 0 saturated carbocycles. The monoisotopic (exact) mass is 486 g/mol. The Balaban J connectivity index is 1.76. The second-order valence-corrected chi connectivity index (χ2v) is 8.98. The first-order chi connectivity index (χ1) is 17.2. The van der Waals surface area contributed by atoms with Crippen LogP contribution in [0.2, 0.25) is 0 Å². The number of nitrogens with one attached hydrogen (secondary N) is 1. The first-order valence-corrected chi connectivity index (χ1v) is 11.7. The maximum Gasteiger partial charge on any atom is 0.352 e. The Bertz CT molecular complexity index is 1500. The summed E-state index contributed by atoms with van der Waals surface area (Å²) in [5.74, 6) is -0.817. The van der Waals surface area contributed by atoms with E-state index in [9.17, 15) is 18.8 Å². The molecule has 0 saturated heterocycles. The van der Waals surface area contributed by atoms with E-state index in [1.165, 1.54) is 24.3 Å². The zero-order valence-corrected chi connectivity index (χ0v) is 20.4. The molecule has 0 aliphatic heterocycles. The van der Waals surface area contributed by atoms with Crippen LogP contribution in [0.5, 0.6) is 0 Å². The summed E-state index contributed by atoms with van der Waals surface area (Å²) in [5, 5.41) is 6.81. The summed E-state index contributed by atoms with van der Waals surface area (Å²) in [7, 11) is 0. The first kappa shape index (κ1) is 24.8. The molecule has 3 aromatic carbocycles. The zero-order chi connectivity index (χ0) is 25.8. The van der Waals surface area contributed by atoms with Gasteiger partial charge < -0.3 is 5.32 Å². The van der Waals surface area contributed by atoms with E-state index >= 15 is 0 Å². The fraction of sp³-hybridized carbons (Fsp3) is 0.214. The molecule has 8 heteroatoms. The van der Waals surface area contributed by atoms with Gasteiger partial charge in [-0.25, -0.2) is 9.18 Å². The lowest BCUT2D eigenvalue weighted by Crippen LogP contribution is -2.46. The van der Waals surface area contributed by atoms with Gasteiger partial charge >= 0.3 is 5.69 Å². The van der Waals surface area contributed by atoms with E-state index < -0.39 is 22.9 Å². The molecule has 1 N–H and O–H groups in total. The van der Waals surface area contributed by atoms with Crippen molar-refractivity contribution in [3.8, 4) is 5.69 Å². The molecule has 0 aliphatic rings. The SMILES string of the molecule is Cc1cccc(Cn2c(=O)c(C(=O)NCc3ccc(F)cc3)nn(-c3ccc(C(C)C)cc3)c2=O)c1. The van der Waals surface area contributed by atoms with Gasteiger partial charge in [0.2, 0.25) is 5.69 Å². The van der Waals surface area contributed by atoms with Crippen molar-refractivity contribution in [1.29, 1.82) is 0 Å². The molecule has 184 valence electrons. The first-order valence-electron chi connectivity index (χ1n) is 11.7. The quantitative estimate of drug-likeness (QED) is 0.429. The number of halogens is 1. The summed E-state index contributed by atoms with van der Waals surface area (Å²) in [4.78, 5) is 39.7. The molecule has 0 bridgehead atoms. The van der Waals surface area contributed by atoms with Crippen molar-refractivity contribution in [2.45, 2.75) is 39.8 Å². The van der Waals surface area contributed by atoms with Gasteiger partial charge in [0, 0.05) is 6.54 Å². The van der Waals surface area contributed by atoms with Crippen LogP contribution in [0.1, 0.15) is 52.5 Å². The van der Waals surface area contributed by atoms with E-state index in [-0.39, 0.29) is 18.9 Å². The lowest BCUT2D eigenvalue weighted by Gasteiger charge is -2.13. The molecule has 0 unspecified atom stereocenters. The molecule has 0 fully saturated rings. The Morgan fingerprint density at radius 3 is 2.31 bits per heavy atom. The van der Waals surface area contributed by atoms with Crippen molar-refractivity contribution in [3.63, 3.8) is 0 Å². The summed E-state index contributed by atoms with van der Waals surface area (Å²) in [6.07, 6.45) is 0. The third-order valence-corrected chi connectivity index (χ3v) is 5.87. The smallest absolute Gasteiger partial charge is 0.346 e. The second-order valence-electron chi connectivity index (χ2n) is 8.98. The van der Waals surface area contributed by atoms with Crippen LogP contribution in [0, 0.1) is 12.7 Å². The third-order valence-electron chi connectivity index (χ3n) is 5.87. The Hall–Kier alpha value is -4.33. The summed E-state index contributed by atoms with van der Waals surface area (Å²) in [5.41, 5.74) is 2.07. The largest absolute Gasteiger partial charge is 0.352 e.